The van der Waals surface area contributed by atoms with Crippen molar-refractivity contribution in [3.05, 3.63) is 210 Å². The minimum Gasteiger partial charge on any atom is -0.311 e. The summed E-state index contributed by atoms with van der Waals surface area (Å²) in [6.45, 7) is 7.09. The molecule has 2 atom stereocenters. The summed E-state index contributed by atoms with van der Waals surface area (Å²) in [6, 6.07) is 62.3. The van der Waals surface area contributed by atoms with Crippen molar-refractivity contribution < 1.29 is 0 Å². The molecule has 0 N–H and O–H groups in total. The van der Waals surface area contributed by atoms with E-state index in [1.807, 2.05) is 0 Å². The molecule has 1 heterocycles. The van der Waals surface area contributed by atoms with E-state index in [1.165, 1.54) is 77.8 Å². The Morgan fingerprint density at radius 1 is 0.537 bits per heavy atom. The first-order chi connectivity index (χ1) is 26.5. The number of hydrogen-bond donors (Lipinski definition) is 0. The number of anilines is 2. The second-order valence-corrected chi connectivity index (χ2v) is 15.5. The second-order valence-electron chi connectivity index (χ2n) is 15.5. The SMILES string of the molecule is CC1C=C(N(c2cccc(-c3ccccc3)c2)c2ccc3c(c2)C(C)(C)c2ccccc2-3)C=CC1c1ccc2c(c1)c1ccccc1n2-c1ccccc1. The highest BCUT2D eigenvalue weighted by atomic mass is 15.1. The molecule has 2 heteroatoms. The normalized spacial score (nSPS) is 17.0. The lowest BCUT2D eigenvalue weighted by atomic mass is 9.82. The molecular formula is C52H42N2. The number of rotatable bonds is 6. The molecule has 0 amide bonds. The molecule has 0 aliphatic heterocycles. The van der Waals surface area contributed by atoms with Gasteiger partial charge in [0.05, 0.1) is 11.0 Å². The van der Waals surface area contributed by atoms with Gasteiger partial charge in [0.2, 0.25) is 0 Å². The van der Waals surface area contributed by atoms with E-state index >= 15 is 0 Å². The first-order valence-corrected chi connectivity index (χ1v) is 19.1. The van der Waals surface area contributed by atoms with Crippen LogP contribution in [0.4, 0.5) is 11.4 Å². The lowest BCUT2D eigenvalue weighted by Gasteiger charge is -2.32. The molecule has 10 rings (SSSR count). The zero-order valence-electron chi connectivity index (χ0n) is 30.9. The van der Waals surface area contributed by atoms with Gasteiger partial charge < -0.3 is 9.47 Å². The molecule has 7 aromatic carbocycles. The maximum Gasteiger partial charge on any atom is 0.0541 e. The van der Waals surface area contributed by atoms with Crippen LogP contribution in [0.5, 0.6) is 0 Å². The van der Waals surface area contributed by atoms with Gasteiger partial charge in [-0.2, -0.15) is 0 Å². The molecule has 0 spiro atoms. The molecule has 0 fully saturated rings. The van der Waals surface area contributed by atoms with E-state index in [2.05, 4.69) is 218 Å². The van der Waals surface area contributed by atoms with Crippen LogP contribution < -0.4 is 4.90 Å². The zero-order chi connectivity index (χ0) is 36.4. The Morgan fingerprint density at radius 3 is 2.06 bits per heavy atom. The van der Waals surface area contributed by atoms with Gasteiger partial charge in [-0.05, 0) is 106 Å². The zero-order valence-corrected chi connectivity index (χ0v) is 30.9. The number of hydrogen-bond acceptors (Lipinski definition) is 1. The van der Waals surface area contributed by atoms with Gasteiger partial charge in [-0.15, -0.1) is 0 Å². The van der Waals surface area contributed by atoms with Crippen molar-refractivity contribution in [3.63, 3.8) is 0 Å². The lowest BCUT2D eigenvalue weighted by molar-refractivity contribution is 0.629. The Morgan fingerprint density at radius 2 is 1.22 bits per heavy atom. The van der Waals surface area contributed by atoms with Crippen LogP contribution >= 0.6 is 0 Å². The van der Waals surface area contributed by atoms with Crippen molar-refractivity contribution in [3.8, 4) is 27.9 Å². The van der Waals surface area contributed by atoms with Crippen LogP contribution in [0.3, 0.4) is 0 Å². The highest BCUT2D eigenvalue weighted by molar-refractivity contribution is 6.09. The van der Waals surface area contributed by atoms with Crippen LogP contribution in [0.1, 0.15) is 43.4 Å². The smallest absolute Gasteiger partial charge is 0.0541 e. The molecule has 2 aliphatic rings. The molecule has 54 heavy (non-hydrogen) atoms. The number of aromatic nitrogens is 1. The summed E-state index contributed by atoms with van der Waals surface area (Å²) < 4.78 is 2.39. The van der Waals surface area contributed by atoms with Gasteiger partial charge in [-0.1, -0.05) is 148 Å². The summed E-state index contributed by atoms with van der Waals surface area (Å²) in [6.07, 6.45) is 7.26. The van der Waals surface area contributed by atoms with E-state index in [0.29, 0.717) is 0 Å². The summed E-state index contributed by atoms with van der Waals surface area (Å²) >= 11 is 0. The van der Waals surface area contributed by atoms with Crippen molar-refractivity contribution in [2.45, 2.75) is 32.1 Å². The van der Waals surface area contributed by atoms with Gasteiger partial charge in [0.25, 0.3) is 0 Å². The molecule has 0 radical (unpaired) electrons. The highest BCUT2D eigenvalue weighted by Gasteiger charge is 2.36. The number of nitrogens with zero attached hydrogens (tertiary/aromatic N) is 2. The van der Waals surface area contributed by atoms with E-state index < -0.39 is 0 Å². The van der Waals surface area contributed by atoms with Crippen molar-refractivity contribution in [1.29, 1.82) is 0 Å². The fraction of sp³-hybridized carbons (Fsp3) is 0.115. The molecule has 0 bridgehead atoms. The third-order valence-corrected chi connectivity index (χ3v) is 11.9. The Kier molecular flexibility index (Phi) is 7.56. The van der Waals surface area contributed by atoms with E-state index in [9.17, 15) is 0 Å². The summed E-state index contributed by atoms with van der Waals surface area (Å²) in [5, 5.41) is 2.58. The number of fused-ring (bicyclic) bond motifs is 6. The Balaban J connectivity index is 1.07. The average molecular weight is 695 g/mol. The first-order valence-electron chi connectivity index (χ1n) is 19.1. The van der Waals surface area contributed by atoms with Gasteiger partial charge in [0.15, 0.2) is 0 Å². The second kappa shape index (κ2) is 12.6. The maximum absolute atomic E-state index is 2.48. The third kappa shape index (κ3) is 5.16. The standard InChI is InChI=1S/C52H42N2/c1-35-31-41(26-28-43(35)38-25-30-51-47(33-38)46-22-11-13-24-50(46)54(51)39-18-8-5-9-19-39)53(40-20-14-17-37(32-40)36-15-6-4-7-16-36)42-27-29-45-44-21-10-12-23-48(44)52(2,3)49(45)34-42/h4-35,43H,1-3H3. The predicted octanol–water partition coefficient (Wildman–Crippen LogP) is 13.8. The summed E-state index contributed by atoms with van der Waals surface area (Å²) in [5.41, 5.74) is 16.3. The molecule has 8 aromatic rings. The summed E-state index contributed by atoms with van der Waals surface area (Å²) in [4.78, 5) is 2.46. The molecule has 2 unspecified atom stereocenters. The minimum absolute atomic E-state index is 0.0864. The predicted molar refractivity (Wildman–Crippen MR) is 228 cm³/mol. The summed E-state index contributed by atoms with van der Waals surface area (Å²) in [5.74, 6) is 0.530. The Hall–Kier alpha value is -6.38. The number of benzene rings is 7. The van der Waals surface area contributed by atoms with Crippen LogP contribution in [0.15, 0.2) is 194 Å². The quantitative estimate of drug-likeness (QED) is 0.168. The van der Waals surface area contributed by atoms with Crippen LogP contribution in [0.2, 0.25) is 0 Å². The Bertz CT molecular complexity index is 2760. The fourth-order valence-corrected chi connectivity index (χ4v) is 9.16. The molecule has 2 nitrogen and oxygen atoms in total. The van der Waals surface area contributed by atoms with Crippen molar-refractivity contribution >= 4 is 33.2 Å². The monoisotopic (exact) mass is 694 g/mol. The lowest BCUT2D eigenvalue weighted by Crippen LogP contribution is -2.21. The minimum atomic E-state index is -0.0864. The topological polar surface area (TPSA) is 8.17 Å². The van der Waals surface area contributed by atoms with Gasteiger partial charge in [0, 0.05) is 44.9 Å². The molecule has 0 saturated carbocycles. The van der Waals surface area contributed by atoms with Crippen molar-refractivity contribution in [2.24, 2.45) is 5.92 Å². The molecule has 260 valence electrons. The maximum atomic E-state index is 2.48. The highest BCUT2D eigenvalue weighted by Crippen LogP contribution is 2.50. The van der Waals surface area contributed by atoms with Crippen LogP contribution in [0, 0.1) is 5.92 Å². The van der Waals surface area contributed by atoms with Gasteiger partial charge in [-0.25, -0.2) is 0 Å². The Labute approximate surface area is 318 Å². The molecule has 2 aliphatic carbocycles. The largest absolute Gasteiger partial charge is 0.311 e. The van der Waals surface area contributed by atoms with Gasteiger partial charge in [0.1, 0.15) is 0 Å². The summed E-state index contributed by atoms with van der Waals surface area (Å²) in [7, 11) is 0. The van der Waals surface area contributed by atoms with Crippen LogP contribution in [0.25, 0.3) is 49.7 Å². The fourth-order valence-electron chi connectivity index (χ4n) is 9.16. The van der Waals surface area contributed by atoms with E-state index in [-0.39, 0.29) is 17.3 Å². The van der Waals surface area contributed by atoms with Crippen LogP contribution in [-0.4, -0.2) is 4.57 Å². The molecule has 1 aromatic heterocycles. The molecular weight excluding hydrogens is 653 g/mol. The van der Waals surface area contributed by atoms with Crippen LogP contribution in [-0.2, 0) is 5.41 Å². The first kappa shape index (κ1) is 32.3. The van der Waals surface area contributed by atoms with E-state index in [4.69, 9.17) is 0 Å². The number of allylic oxidation sites excluding steroid dienone is 3. The average Bonchev–Trinajstić information content (AvgIpc) is 3.67. The van der Waals surface area contributed by atoms with E-state index in [0.717, 1.165) is 5.69 Å². The molecule has 0 saturated heterocycles. The van der Waals surface area contributed by atoms with Gasteiger partial charge in [-0.3, -0.25) is 0 Å². The van der Waals surface area contributed by atoms with Crippen molar-refractivity contribution in [1.82, 2.24) is 4.57 Å². The third-order valence-electron chi connectivity index (χ3n) is 11.9. The van der Waals surface area contributed by atoms with Crippen molar-refractivity contribution in [2.75, 3.05) is 4.90 Å². The van der Waals surface area contributed by atoms with Gasteiger partial charge >= 0.3 is 0 Å². The van der Waals surface area contributed by atoms with E-state index in [1.54, 1.807) is 0 Å². The number of para-hydroxylation sites is 2.